The molecule has 1 saturated heterocycles. The molecule has 2 N–H and O–H groups in total. The summed E-state index contributed by atoms with van der Waals surface area (Å²) in [7, 11) is 0. The van der Waals surface area contributed by atoms with Crippen molar-refractivity contribution >= 4 is 5.82 Å². The van der Waals surface area contributed by atoms with Crippen molar-refractivity contribution < 1.29 is 15.7 Å². The van der Waals surface area contributed by atoms with E-state index in [1.165, 1.54) is 18.3 Å². The molecule has 1 aromatic heterocycles. The number of hydrogen-bond donors (Lipinski definition) is 1. The quantitative estimate of drug-likeness (QED) is 0.751. The molecule has 0 spiro atoms. The van der Waals surface area contributed by atoms with Crippen LogP contribution in [0.25, 0.3) is 0 Å². The number of pyridine rings is 1. The third kappa shape index (κ3) is 1.86. The number of hydrogen-bond acceptors (Lipinski definition) is 4. The van der Waals surface area contributed by atoms with Crippen molar-refractivity contribution in [3.05, 3.63) is 23.9 Å². The van der Waals surface area contributed by atoms with Gasteiger partial charge in [-0.15, -0.1) is 0 Å². The zero-order valence-corrected chi connectivity index (χ0v) is 7.32. The van der Waals surface area contributed by atoms with E-state index in [-0.39, 0.29) is 17.9 Å². The van der Waals surface area contributed by atoms with Crippen molar-refractivity contribution in [2.45, 2.75) is 6.54 Å². The summed E-state index contributed by atoms with van der Waals surface area (Å²) in [5, 5.41) is 0. The normalized spacial score (nSPS) is 39.9. The summed E-state index contributed by atoms with van der Waals surface area (Å²) < 4.78 is 66.7. The minimum atomic E-state index is -3.11. The van der Waals surface area contributed by atoms with Crippen molar-refractivity contribution in [3.63, 3.8) is 0 Å². The Bertz CT molecular complexity index is 553. The van der Waals surface area contributed by atoms with E-state index in [4.69, 9.17) is 16.7 Å². The zero-order valence-electron chi connectivity index (χ0n) is 15.3. The standard InChI is InChI=1S/C10H15N3O/c11-8-9-2-1-3-12-10(9)13-4-6-14-7-5-13/h1-3H,4-8,11H2/i4D2,5D2,6D2,7D2. The minimum absolute atomic E-state index is 0.0985. The first-order chi connectivity index (χ1) is 9.88. The monoisotopic (exact) mass is 201 g/mol. The van der Waals surface area contributed by atoms with Crippen molar-refractivity contribution in [2.24, 2.45) is 5.73 Å². The van der Waals surface area contributed by atoms with Gasteiger partial charge in [-0.25, -0.2) is 4.98 Å². The van der Waals surface area contributed by atoms with Gasteiger partial charge in [0, 0.05) is 31.3 Å². The fraction of sp³-hybridized carbons (Fsp3) is 0.500. The Hall–Kier alpha value is -1.13. The highest BCUT2D eigenvalue weighted by atomic mass is 16.5. The topological polar surface area (TPSA) is 51.4 Å². The fourth-order valence-corrected chi connectivity index (χ4v) is 1.09. The number of nitrogens with two attached hydrogens (primary N) is 1. The van der Waals surface area contributed by atoms with Gasteiger partial charge in [0.2, 0.25) is 0 Å². The molecular weight excluding hydrogens is 178 g/mol. The average molecular weight is 201 g/mol. The van der Waals surface area contributed by atoms with E-state index in [9.17, 15) is 0 Å². The van der Waals surface area contributed by atoms with Crippen LogP contribution < -0.4 is 10.6 Å². The van der Waals surface area contributed by atoms with E-state index < -0.39 is 26.1 Å². The Labute approximate surface area is 94.9 Å². The number of rotatable bonds is 2. The Morgan fingerprint density at radius 3 is 3.07 bits per heavy atom. The van der Waals surface area contributed by atoms with Crippen LogP contribution in [0.1, 0.15) is 16.5 Å². The Kier molecular flexibility index (Phi) is 1.19. The zero-order chi connectivity index (χ0) is 17.0. The minimum Gasteiger partial charge on any atom is -0.378 e. The lowest BCUT2D eigenvalue weighted by Gasteiger charge is -2.29. The molecule has 4 heteroatoms. The average Bonchev–Trinajstić information content (AvgIpc) is 2.36. The van der Waals surface area contributed by atoms with Gasteiger partial charge in [0.25, 0.3) is 0 Å². The molecule has 0 aromatic carbocycles. The summed E-state index contributed by atoms with van der Waals surface area (Å²) in [6.07, 6.45) is 1.27. The van der Waals surface area contributed by atoms with Crippen molar-refractivity contribution in [3.8, 4) is 0 Å². The predicted octanol–water partition coefficient (Wildman–Crippen LogP) is 0.377. The van der Waals surface area contributed by atoms with E-state index in [2.05, 4.69) is 9.72 Å². The van der Waals surface area contributed by atoms with Gasteiger partial charge in [-0.05, 0) is 6.07 Å². The van der Waals surface area contributed by atoms with Crippen LogP contribution in [0, 0.1) is 0 Å². The van der Waals surface area contributed by atoms with Gasteiger partial charge >= 0.3 is 0 Å². The maximum absolute atomic E-state index is 7.93. The number of aromatic nitrogens is 1. The molecule has 0 saturated carbocycles. The first kappa shape index (κ1) is 3.79. The van der Waals surface area contributed by atoms with Crippen molar-refractivity contribution in [2.75, 3.05) is 31.0 Å². The molecule has 1 aromatic rings. The SMILES string of the molecule is [2H]C1([2H])OC([2H])([2H])C([2H])([2H])N(c2ncccc2CN)C1([2H])[2H]. The van der Waals surface area contributed by atoms with E-state index in [0.29, 0.717) is 4.90 Å². The molecule has 2 heterocycles. The molecule has 0 unspecified atom stereocenters. The first-order valence-electron chi connectivity index (χ1n) is 8.03. The third-order valence-electron chi connectivity index (χ3n) is 1.72. The molecule has 76 valence electrons. The third-order valence-corrected chi connectivity index (χ3v) is 1.72. The maximum Gasteiger partial charge on any atom is 0.133 e. The van der Waals surface area contributed by atoms with Crippen LogP contribution in [0.4, 0.5) is 5.82 Å². The largest absolute Gasteiger partial charge is 0.378 e. The van der Waals surface area contributed by atoms with Crippen LogP contribution in [-0.2, 0) is 11.3 Å². The van der Waals surface area contributed by atoms with Crippen LogP contribution in [0.2, 0.25) is 0 Å². The summed E-state index contributed by atoms with van der Waals surface area (Å²) in [6, 6.07) is 3.00. The summed E-state index contributed by atoms with van der Waals surface area (Å²) in [5.41, 5.74) is 5.79. The second-order valence-corrected chi connectivity index (χ2v) is 2.56. The summed E-state index contributed by atoms with van der Waals surface area (Å²) in [4.78, 5) is 4.20. The van der Waals surface area contributed by atoms with E-state index >= 15 is 0 Å². The van der Waals surface area contributed by atoms with E-state index in [0.717, 1.165) is 0 Å². The molecule has 0 amide bonds. The van der Waals surface area contributed by atoms with Crippen LogP contribution in [0.15, 0.2) is 18.3 Å². The highest BCUT2D eigenvalue weighted by Gasteiger charge is 2.14. The molecule has 0 atom stereocenters. The van der Waals surface area contributed by atoms with E-state index in [1.807, 2.05) is 0 Å². The molecule has 1 aliphatic rings. The van der Waals surface area contributed by atoms with Crippen LogP contribution in [0.3, 0.4) is 0 Å². The highest BCUT2D eigenvalue weighted by molar-refractivity contribution is 5.46. The first-order valence-corrected chi connectivity index (χ1v) is 4.03. The van der Waals surface area contributed by atoms with Gasteiger partial charge in [0.15, 0.2) is 0 Å². The molecule has 1 aliphatic heterocycles. The van der Waals surface area contributed by atoms with Crippen LogP contribution in [0.5, 0.6) is 0 Å². The highest BCUT2D eigenvalue weighted by Crippen LogP contribution is 2.17. The summed E-state index contributed by atoms with van der Waals surface area (Å²) in [6.45, 7) is -12.3. The van der Waals surface area contributed by atoms with Crippen LogP contribution >= 0.6 is 0 Å². The van der Waals surface area contributed by atoms with Gasteiger partial charge in [-0.1, -0.05) is 6.07 Å². The second-order valence-electron chi connectivity index (χ2n) is 2.56. The number of morpholine rings is 1. The van der Waals surface area contributed by atoms with E-state index in [1.54, 1.807) is 0 Å². The number of nitrogens with zero attached hydrogens (tertiary/aromatic N) is 2. The maximum atomic E-state index is 7.93. The Morgan fingerprint density at radius 1 is 1.57 bits per heavy atom. The molecule has 2 rings (SSSR count). The molecule has 4 nitrogen and oxygen atoms in total. The second kappa shape index (κ2) is 4.39. The molecular formula is C10H15N3O. The lowest BCUT2D eigenvalue weighted by Crippen LogP contribution is -2.37. The van der Waals surface area contributed by atoms with Gasteiger partial charge in [0.05, 0.1) is 24.1 Å². The van der Waals surface area contributed by atoms with Gasteiger partial charge in [0.1, 0.15) is 5.82 Å². The number of ether oxygens (including phenoxy) is 1. The molecule has 0 aliphatic carbocycles. The lowest BCUT2D eigenvalue weighted by molar-refractivity contribution is 0.122. The smallest absolute Gasteiger partial charge is 0.133 e. The lowest BCUT2D eigenvalue weighted by atomic mass is 10.2. The summed E-state index contributed by atoms with van der Waals surface area (Å²) in [5.74, 6) is -0.268. The Morgan fingerprint density at radius 2 is 2.36 bits per heavy atom. The van der Waals surface area contributed by atoms with Crippen LogP contribution in [-0.4, -0.2) is 31.1 Å². The molecule has 0 bridgehead atoms. The Balaban J connectivity index is 2.72. The summed E-state index contributed by atoms with van der Waals surface area (Å²) >= 11 is 0. The number of anilines is 1. The predicted molar refractivity (Wildman–Crippen MR) is 55.2 cm³/mol. The fourth-order valence-electron chi connectivity index (χ4n) is 1.09. The van der Waals surface area contributed by atoms with Gasteiger partial charge in [-0.3, -0.25) is 0 Å². The van der Waals surface area contributed by atoms with Crippen molar-refractivity contribution in [1.82, 2.24) is 4.98 Å². The van der Waals surface area contributed by atoms with Gasteiger partial charge < -0.3 is 15.4 Å². The molecule has 1 fully saturated rings. The van der Waals surface area contributed by atoms with Gasteiger partial charge in [-0.2, -0.15) is 0 Å². The molecule has 0 radical (unpaired) electrons. The van der Waals surface area contributed by atoms with Crippen molar-refractivity contribution in [1.29, 1.82) is 0 Å². The molecule has 14 heavy (non-hydrogen) atoms.